The molecule has 0 unspecified atom stereocenters. The molecule has 0 spiro atoms. The zero-order valence-electron chi connectivity index (χ0n) is 8.90. The van der Waals surface area contributed by atoms with Gasteiger partial charge in [0.25, 0.3) is 0 Å². The second kappa shape index (κ2) is 5.21. The lowest BCUT2D eigenvalue weighted by molar-refractivity contribution is 1.26. The molecule has 2 nitrogen and oxygen atoms in total. The minimum atomic E-state index is 0.531. The molecule has 0 bridgehead atoms. The number of hydrogen-bond donors (Lipinski definition) is 1. The van der Waals surface area contributed by atoms with E-state index < -0.39 is 0 Å². The fraction of sp³-hybridized carbons (Fsp3) is 0. The molecule has 2 N–H and O–H groups in total. The molecule has 0 saturated heterocycles. The zero-order chi connectivity index (χ0) is 12.3. The van der Waals surface area contributed by atoms with E-state index in [1.807, 2.05) is 36.4 Å². The second-order valence-electron chi connectivity index (χ2n) is 3.49. The van der Waals surface area contributed by atoms with Gasteiger partial charge in [-0.15, -0.1) is 0 Å². The Morgan fingerprint density at radius 2 is 1.76 bits per heavy atom. The van der Waals surface area contributed by atoms with Crippen LogP contribution in [0.1, 0.15) is 5.56 Å². The van der Waals surface area contributed by atoms with Gasteiger partial charge in [-0.3, -0.25) is 0 Å². The van der Waals surface area contributed by atoms with Crippen molar-refractivity contribution in [1.29, 1.82) is 0 Å². The van der Waals surface area contributed by atoms with E-state index in [9.17, 15) is 0 Å². The Balaban J connectivity index is 2.56. The number of hydrogen-bond acceptors (Lipinski definition) is 2. The van der Waals surface area contributed by atoms with E-state index >= 15 is 0 Å². The fourth-order valence-electron chi connectivity index (χ4n) is 1.62. The van der Waals surface area contributed by atoms with Crippen LogP contribution in [0.25, 0.3) is 11.1 Å². The van der Waals surface area contributed by atoms with Crippen molar-refractivity contribution >= 4 is 29.4 Å². The summed E-state index contributed by atoms with van der Waals surface area (Å²) in [5.74, 6) is 5.18. The minimum Gasteiger partial charge on any atom is -0.323 e. The predicted molar refractivity (Wildman–Crippen MR) is 73.7 cm³/mol. The van der Waals surface area contributed by atoms with E-state index in [2.05, 4.69) is 5.10 Å². The first kappa shape index (κ1) is 12.0. The van der Waals surface area contributed by atoms with Gasteiger partial charge in [-0.05, 0) is 23.3 Å². The Kier molecular flexibility index (Phi) is 3.67. The third-order valence-electron chi connectivity index (χ3n) is 2.41. The summed E-state index contributed by atoms with van der Waals surface area (Å²) in [4.78, 5) is 0. The normalized spacial score (nSPS) is 10.9. The van der Waals surface area contributed by atoms with E-state index in [-0.39, 0.29) is 0 Å². The van der Waals surface area contributed by atoms with Crippen LogP contribution in [0.5, 0.6) is 0 Å². The molecule has 0 aliphatic carbocycles. The Bertz CT molecular complexity index is 565. The molecule has 0 amide bonds. The number of nitrogens with two attached hydrogens (primary N) is 1. The highest BCUT2D eigenvalue weighted by Crippen LogP contribution is 2.29. The topological polar surface area (TPSA) is 38.4 Å². The lowest BCUT2D eigenvalue weighted by Gasteiger charge is -2.06. The van der Waals surface area contributed by atoms with Gasteiger partial charge >= 0.3 is 0 Å². The van der Waals surface area contributed by atoms with Gasteiger partial charge in [-0.2, -0.15) is 5.10 Å². The van der Waals surface area contributed by atoms with Crippen molar-refractivity contribution in [3.63, 3.8) is 0 Å². The molecule has 0 aliphatic rings. The van der Waals surface area contributed by atoms with Crippen LogP contribution < -0.4 is 5.84 Å². The smallest absolute Gasteiger partial charge is 0.0598 e. The summed E-state index contributed by atoms with van der Waals surface area (Å²) in [7, 11) is 0. The molecular formula is C13H10Cl2N2. The molecule has 17 heavy (non-hydrogen) atoms. The van der Waals surface area contributed by atoms with Crippen molar-refractivity contribution in [3.05, 3.63) is 58.1 Å². The number of rotatable bonds is 2. The van der Waals surface area contributed by atoms with E-state index in [0.717, 1.165) is 16.7 Å². The quantitative estimate of drug-likeness (QED) is 0.498. The van der Waals surface area contributed by atoms with Gasteiger partial charge in [0.1, 0.15) is 0 Å². The summed E-state index contributed by atoms with van der Waals surface area (Å²) < 4.78 is 0. The van der Waals surface area contributed by atoms with Gasteiger partial charge in [0.2, 0.25) is 0 Å². The molecule has 86 valence electrons. The predicted octanol–water partition coefficient (Wildman–Crippen LogP) is 3.95. The summed E-state index contributed by atoms with van der Waals surface area (Å²) in [6, 6.07) is 13.3. The molecule has 0 fully saturated rings. The Labute approximate surface area is 110 Å². The average molecular weight is 265 g/mol. The van der Waals surface area contributed by atoms with Crippen molar-refractivity contribution in [2.75, 3.05) is 0 Å². The molecule has 0 aliphatic heterocycles. The highest BCUT2D eigenvalue weighted by molar-refractivity contribution is 6.42. The van der Waals surface area contributed by atoms with Gasteiger partial charge in [-0.25, -0.2) is 0 Å². The lowest BCUT2D eigenvalue weighted by Crippen LogP contribution is -1.90. The van der Waals surface area contributed by atoms with E-state index in [1.165, 1.54) is 0 Å². The van der Waals surface area contributed by atoms with Crippen LogP contribution in [0, 0.1) is 0 Å². The van der Waals surface area contributed by atoms with Crippen LogP contribution in [0.2, 0.25) is 10.0 Å². The number of hydrazone groups is 1. The summed E-state index contributed by atoms with van der Waals surface area (Å²) in [6.45, 7) is 0. The third-order valence-corrected chi connectivity index (χ3v) is 3.14. The summed E-state index contributed by atoms with van der Waals surface area (Å²) in [6.07, 6.45) is 1.61. The van der Waals surface area contributed by atoms with Crippen LogP contribution in [-0.4, -0.2) is 6.21 Å². The SMILES string of the molecule is NN=Cc1ccccc1-c1ccc(Cl)c(Cl)c1. The molecular weight excluding hydrogens is 255 g/mol. The first-order chi connectivity index (χ1) is 8.22. The van der Waals surface area contributed by atoms with Crippen LogP contribution in [-0.2, 0) is 0 Å². The first-order valence-electron chi connectivity index (χ1n) is 5.00. The molecule has 0 saturated carbocycles. The summed E-state index contributed by atoms with van der Waals surface area (Å²) >= 11 is 11.9. The number of nitrogens with zero attached hydrogens (tertiary/aromatic N) is 1. The van der Waals surface area contributed by atoms with Crippen LogP contribution in [0.15, 0.2) is 47.6 Å². The maximum Gasteiger partial charge on any atom is 0.0598 e. The molecule has 4 heteroatoms. The minimum absolute atomic E-state index is 0.531. The average Bonchev–Trinajstić information content (AvgIpc) is 2.34. The highest BCUT2D eigenvalue weighted by atomic mass is 35.5. The first-order valence-corrected chi connectivity index (χ1v) is 5.75. The second-order valence-corrected chi connectivity index (χ2v) is 4.31. The van der Waals surface area contributed by atoms with Gasteiger partial charge in [0.05, 0.1) is 16.3 Å². The van der Waals surface area contributed by atoms with Gasteiger partial charge in [0, 0.05) is 5.56 Å². The molecule has 2 rings (SSSR count). The maximum atomic E-state index is 6.00. The standard InChI is InChI=1S/C13H10Cl2N2/c14-12-6-5-9(7-13(12)15)11-4-2-1-3-10(11)8-17-16/h1-8H,16H2. The van der Waals surface area contributed by atoms with Crippen molar-refractivity contribution < 1.29 is 0 Å². The van der Waals surface area contributed by atoms with Crippen LogP contribution in [0.4, 0.5) is 0 Å². The molecule has 0 heterocycles. The third kappa shape index (κ3) is 2.60. The maximum absolute atomic E-state index is 6.00. The fourth-order valence-corrected chi connectivity index (χ4v) is 1.91. The highest BCUT2D eigenvalue weighted by Gasteiger charge is 2.05. The molecule has 0 radical (unpaired) electrons. The largest absolute Gasteiger partial charge is 0.323 e. The van der Waals surface area contributed by atoms with Crippen LogP contribution in [0.3, 0.4) is 0 Å². The Morgan fingerprint density at radius 1 is 1.00 bits per heavy atom. The van der Waals surface area contributed by atoms with E-state index in [1.54, 1.807) is 12.3 Å². The summed E-state index contributed by atoms with van der Waals surface area (Å²) in [5, 5.41) is 4.62. The molecule has 0 aromatic heterocycles. The molecule has 2 aromatic rings. The van der Waals surface area contributed by atoms with Crippen molar-refractivity contribution in [1.82, 2.24) is 0 Å². The van der Waals surface area contributed by atoms with Crippen molar-refractivity contribution in [2.24, 2.45) is 10.9 Å². The molecule has 2 aromatic carbocycles. The monoisotopic (exact) mass is 264 g/mol. The number of halogens is 2. The number of benzene rings is 2. The van der Waals surface area contributed by atoms with Gasteiger partial charge < -0.3 is 5.84 Å². The lowest BCUT2D eigenvalue weighted by atomic mass is 10.0. The zero-order valence-corrected chi connectivity index (χ0v) is 10.4. The Morgan fingerprint density at radius 3 is 2.47 bits per heavy atom. The van der Waals surface area contributed by atoms with Gasteiger partial charge in [-0.1, -0.05) is 53.5 Å². The van der Waals surface area contributed by atoms with E-state index in [0.29, 0.717) is 10.0 Å². The van der Waals surface area contributed by atoms with E-state index in [4.69, 9.17) is 29.0 Å². The van der Waals surface area contributed by atoms with Crippen molar-refractivity contribution in [3.8, 4) is 11.1 Å². The van der Waals surface area contributed by atoms with Gasteiger partial charge in [0.15, 0.2) is 0 Å². The van der Waals surface area contributed by atoms with Crippen molar-refractivity contribution in [2.45, 2.75) is 0 Å². The Hall–Kier alpha value is -1.51. The van der Waals surface area contributed by atoms with Crippen LogP contribution >= 0.6 is 23.2 Å². The molecule has 0 atom stereocenters. The summed E-state index contributed by atoms with van der Waals surface area (Å²) in [5.41, 5.74) is 2.93.